The van der Waals surface area contributed by atoms with Crippen molar-refractivity contribution in [2.45, 2.75) is 27.2 Å². The van der Waals surface area contributed by atoms with Crippen molar-refractivity contribution in [1.29, 1.82) is 0 Å². The van der Waals surface area contributed by atoms with Gasteiger partial charge in [-0.1, -0.05) is 42.8 Å². The first kappa shape index (κ1) is 10.9. The van der Waals surface area contributed by atoms with Crippen molar-refractivity contribution >= 4 is 11.4 Å². The second kappa shape index (κ2) is 4.09. The van der Waals surface area contributed by atoms with Crippen LogP contribution in [0.15, 0.2) is 41.5 Å². The Balaban J connectivity index is 2.52. The van der Waals surface area contributed by atoms with Crippen LogP contribution >= 0.6 is 0 Å². The van der Waals surface area contributed by atoms with Gasteiger partial charge in [0, 0.05) is 11.1 Å². The minimum Gasteiger partial charge on any atom is -0.289 e. The monoisotopic (exact) mass is 212 g/mol. The van der Waals surface area contributed by atoms with Gasteiger partial charge in [0.1, 0.15) is 0 Å². The molecule has 0 spiro atoms. The topological polar surface area (TPSA) is 17.1 Å². The number of hydrogen-bond acceptors (Lipinski definition) is 1. The Bertz CT molecular complexity index is 504. The molecule has 0 saturated carbocycles. The van der Waals surface area contributed by atoms with Crippen molar-refractivity contribution in [3.63, 3.8) is 0 Å². The highest BCUT2D eigenvalue weighted by Gasteiger charge is 2.24. The molecule has 2 rings (SSSR count). The normalized spacial score (nSPS) is 15.7. The Labute approximate surface area is 96.5 Å². The van der Waals surface area contributed by atoms with E-state index in [1.54, 1.807) is 0 Å². The zero-order valence-corrected chi connectivity index (χ0v) is 10.0. The second-order valence-corrected chi connectivity index (χ2v) is 4.26. The molecule has 0 radical (unpaired) electrons. The lowest BCUT2D eigenvalue weighted by molar-refractivity contribution is 0.104. The average molecular weight is 212 g/mol. The molecule has 82 valence electrons. The van der Waals surface area contributed by atoms with Crippen molar-refractivity contribution in [3.05, 3.63) is 52.6 Å². The first-order valence-corrected chi connectivity index (χ1v) is 5.67. The highest BCUT2D eigenvalue weighted by atomic mass is 16.1. The zero-order chi connectivity index (χ0) is 11.7. The van der Waals surface area contributed by atoms with Gasteiger partial charge in [-0.2, -0.15) is 0 Å². The molecule has 16 heavy (non-hydrogen) atoms. The Morgan fingerprint density at radius 1 is 1.25 bits per heavy atom. The van der Waals surface area contributed by atoms with Gasteiger partial charge in [0.2, 0.25) is 0 Å². The van der Waals surface area contributed by atoms with Gasteiger partial charge in [0.25, 0.3) is 0 Å². The third-order valence-corrected chi connectivity index (χ3v) is 3.17. The molecule has 0 heterocycles. The Morgan fingerprint density at radius 2 is 1.88 bits per heavy atom. The highest BCUT2D eigenvalue weighted by Crippen LogP contribution is 2.33. The van der Waals surface area contributed by atoms with E-state index in [0.717, 1.165) is 28.7 Å². The molecule has 1 nitrogen and oxygen atoms in total. The fraction of sp³-hybridized carbons (Fsp3) is 0.267. The Hall–Kier alpha value is -1.63. The number of carbonyl (C=O) groups excluding carboxylic acids is 1. The number of rotatable bonds is 2. The summed E-state index contributed by atoms with van der Waals surface area (Å²) in [5, 5.41) is 0. The summed E-state index contributed by atoms with van der Waals surface area (Å²) < 4.78 is 0. The molecule has 1 aliphatic carbocycles. The number of allylic oxidation sites excluding steroid dienone is 4. The van der Waals surface area contributed by atoms with Crippen LogP contribution in [-0.2, 0) is 0 Å². The minimum absolute atomic E-state index is 0.168. The molecule has 0 bridgehead atoms. The fourth-order valence-electron chi connectivity index (χ4n) is 1.99. The minimum atomic E-state index is 0.168. The lowest BCUT2D eigenvalue weighted by Gasteiger charge is -1.98. The molecule has 0 N–H and O–H groups in total. The summed E-state index contributed by atoms with van der Waals surface area (Å²) in [6, 6.07) is 7.83. The van der Waals surface area contributed by atoms with Gasteiger partial charge >= 0.3 is 0 Å². The summed E-state index contributed by atoms with van der Waals surface area (Å²) >= 11 is 0. The van der Waals surface area contributed by atoms with Gasteiger partial charge in [-0.25, -0.2) is 0 Å². The molecule has 0 saturated heterocycles. The molecule has 0 aliphatic heterocycles. The summed E-state index contributed by atoms with van der Waals surface area (Å²) in [6.07, 6.45) is 3.01. The maximum absolute atomic E-state index is 12.2. The molecule has 0 unspecified atom stereocenters. The van der Waals surface area contributed by atoms with E-state index in [0.29, 0.717) is 0 Å². The van der Waals surface area contributed by atoms with E-state index in [9.17, 15) is 4.79 Å². The quantitative estimate of drug-likeness (QED) is 0.723. The summed E-state index contributed by atoms with van der Waals surface area (Å²) in [7, 11) is 0. The third-order valence-electron chi connectivity index (χ3n) is 3.17. The molecule has 0 fully saturated rings. The van der Waals surface area contributed by atoms with Crippen molar-refractivity contribution < 1.29 is 4.79 Å². The van der Waals surface area contributed by atoms with Gasteiger partial charge in [-0.05, 0) is 31.4 Å². The molecule has 1 aliphatic rings. The Kier molecular flexibility index (Phi) is 2.78. The molecule has 1 aromatic carbocycles. The van der Waals surface area contributed by atoms with Crippen molar-refractivity contribution in [2.75, 3.05) is 0 Å². The van der Waals surface area contributed by atoms with Gasteiger partial charge in [-0.15, -0.1) is 0 Å². The van der Waals surface area contributed by atoms with Crippen LogP contribution in [0.1, 0.15) is 43.1 Å². The highest BCUT2D eigenvalue weighted by molar-refractivity contribution is 6.22. The SMILES string of the molecule is CC/C(C)=C\C1=C(C)c2ccccc2C1=O. The van der Waals surface area contributed by atoms with E-state index in [1.165, 1.54) is 5.57 Å². The van der Waals surface area contributed by atoms with Gasteiger partial charge in [-0.3, -0.25) is 4.79 Å². The first-order chi connectivity index (χ1) is 7.65. The van der Waals surface area contributed by atoms with Crippen LogP contribution in [0.4, 0.5) is 0 Å². The molecular weight excluding hydrogens is 196 g/mol. The van der Waals surface area contributed by atoms with Crippen LogP contribution in [0.3, 0.4) is 0 Å². The maximum Gasteiger partial charge on any atom is 0.193 e. The maximum atomic E-state index is 12.2. The number of fused-ring (bicyclic) bond motifs is 1. The van der Waals surface area contributed by atoms with E-state index < -0.39 is 0 Å². The predicted octanol–water partition coefficient (Wildman–Crippen LogP) is 4.01. The summed E-state index contributed by atoms with van der Waals surface area (Å²) in [5.74, 6) is 0.168. The number of hydrogen-bond donors (Lipinski definition) is 0. The van der Waals surface area contributed by atoms with Crippen LogP contribution < -0.4 is 0 Å². The van der Waals surface area contributed by atoms with Crippen LogP contribution in [-0.4, -0.2) is 5.78 Å². The zero-order valence-electron chi connectivity index (χ0n) is 10.0. The van der Waals surface area contributed by atoms with Gasteiger partial charge in [0.05, 0.1) is 0 Å². The lowest BCUT2D eigenvalue weighted by atomic mass is 10.1. The van der Waals surface area contributed by atoms with E-state index in [-0.39, 0.29) is 5.78 Å². The van der Waals surface area contributed by atoms with Crippen molar-refractivity contribution in [3.8, 4) is 0 Å². The standard InChI is InChI=1S/C15H16O/c1-4-10(2)9-14-11(3)12-7-5-6-8-13(12)15(14)16/h5-9H,4H2,1-3H3/b10-9-. The third kappa shape index (κ3) is 1.63. The van der Waals surface area contributed by atoms with Gasteiger partial charge < -0.3 is 0 Å². The van der Waals surface area contributed by atoms with Gasteiger partial charge in [0.15, 0.2) is 5.78 Å². The lowest BCUT2D eigenvalue weighted by Crippen LogP contribution is -1.96. The average Bonchev–Trinajstić information content (AvgIpc) is 2.55. The molecule has 1 aromatic rings. The number of carbonyl (C=O) groups is 1. The Morgan fingerprint density at radius 3 is 2.44 bits per heavy atom. The van der Waals surface area contributed by atoms with E-state index in [2.05, 4.69) is 13.8 Å². The largest absolute Gasteiger partial charge is 0.289 e. The summed E-state index contributed by atoms with van der Waals surface area (Å²) in [6.45, 7) is 6.20. The number of ketones is 1. The van der Waals surface area contributed by atoms with Crippen LogP contribution in [0.25, 0.3) is 5.57 Å². The molecule has 0 aromatic heterocycles. The van der Waals surface area contributed by atoms with Crippen LogP contribution in [0, 0.1) is 0 Å². The van der Waals surface area contributed by atoms with Crippen molar-refractivity contribution in [2.24, 2.45) is 0 Å². The molecule has 0 atom stereocenters. The van der Waals surface area contributed by atoms with Crippen LogP contribution in [0.5, 0.6) is 0 Å². The number of Topliss-reactive ketones (excluding diaryl/α,β-unsaturated/α-hetero) is 1. The van der Waals surface area contributed by atoms with E-state index in [4.69, 9.17) is 0 Å². The number of benzene rings is 1. The smallest absolute Gasteiger partial charge is 0.193 e. The van der Waals surface area contributed by atoms with E-state index in [1.807, 2.05) is 37.3 Å². The first-order valence-electron chi connectivity index (χ1n) is 5.67. The molecule has 1 heteroatoms. The second-order valence-electron chi connectivity index (χ2n) is 4.26. The fourth-order valence-corrected chi connectivity index (χ4v) is 1.99. The molecular formula is C15H16O. The summed E-state index contributed by atoms with van der Waals surface area (Å²) in [5.41, 5.74) is 5.14. The predicted molar refractivity (Wildman–Crippen MR) is 67.4 cm³/mol. The van der Waals surface area contributed by atoms with Crippen molar-refractivity contribution in [1.82, 2.24) is 0 Å². The summed E-state index contributed by atoms with van der Waals surface area (Å²) in [4.78, 5) is 12.2. The molecule has 0 amide bonds. The van der Waals surface area contributed by atoms with E-state index >= 15 is 0 Å². The van der Waals surface area contributed by atoms with Crippen LogP contribution in [0.2, 0.25) is 0 Å².